The number of amides is 1. The molecule has 0 bridgehead atoms. The van der Waals surface area contributed by atoms with Crippen LogP contribution in [0.15, 0.2) is 0 Å². The predicted molar refractivity (Wildman–Crippen MR) is 110 cm³/mol. The lowest BCUT2D eigenvalue weighted by atomic mass is 10.0. The van der Waals surface area contributed by atoms with Gasteiger partial charge in [-0.2, -0.15) is 26.3 Å². The van der Waals surface area contributed by atoms with Crippen molar-refractivity contribution in [1.29, 1.82) is 0 Å². The van der Waals surface area contributed by atoms with Gasteiger partial charge in [0.2, 0.25) is 0 Å². The summed E-state index contributed by atoms with van der Waals surface area (Å²) in [5.41, 5.74) is 0. The number of carbonyl (C=O) groups excluding carboxylic acids is 2. The number of nitrogens with one attached hydrogen (secondary N) is 1. The average Bonchev–Trinajstić information content (AvgIpc) is 2.70. The van der Waals surface area contributed by atoms with E-state index in [1.165, 1.54) is 51.4 Å². The van der Waals surface area contributed by atoms with Crippen molar-refractivity contribution in [3.05, 3.63) is 0 Å². The second-order valence-corrected chi connectivity index (χ2v) is 8.15. The number of esters is 1. The quantitative estimate of drug-likeness (QED) is 0.131. The Morgan fingerprint density at radius 3 is 1.47 bits per heavy atom. The van der Waals surface area contributed by atoms with Gasteiger partial charge in [0.05, 0.1) is 6.04 Å². The number of halogens is 6. The Kier molecular flexibility index (Phi) is 16.3. The molecule has 0 unspecified atom stereocenters. The summed E-state index contributed by atoms with van der Waals surface area (Å²) in [7, 11) is 0. The highest BCUT2D eigenvalue weighted by Crippen LogP contribution is 2.19. The maximum Gasteiger partial charge on any atom is 0.490 e. The number of alkyl halides is 6. The molecule has 1 amide bonds. The minimum atomic E-state index is -5.24. The molecule has 0 saturated carbocycles. The molecular weight excluding hydrogens is 440 g/mol. The molecule has 0 rings (SSSR count). The zero-order valence-electron chi connectivity index (χ0n) is 18.9. The summed E-state index contributed by atoms with van der Waals surface area (Å²) in [5, 5.41) is 1.60. The standard InChI is InChI=1S/C22H37F6NO3/c1-2-3-4-5-6-7-8-9-10-11-12-13-14-15-16-18(29-19(30)21(23,24)25)17-32-20(31)22(26,27)28/h18H,2-17H2,1H3,(H,29,30)/t18-/m0/s1. The number of hydrogen-bond acceptors (Lipinski definition) is 3. The Morgan fingerprint density at radius 1 is 0.688 bits per heavy atom. The van der Waals surface area contributed by atoms with Gasteiger partial charge in [-0.05, 0) is 6.42 Å². The molecule has 0 spiro atoms. The molecule has 1 atom stereocenters. The molecule has 0 aliphatic heterocycles. The fourth-order valence-electron chi connectivity index (χ4n) is 3.31. The number of hydrogen-bond donors (Lipinski definition) is 1. The van der Waals surface area contributed by atoms with E-state index in [9.17, 15) is 35.9 Å². The van der Waals surface area contributed by atoms with E-state index in [-0.39, 0.29) is 6.42 Å². The van der Waals surface area contributed by atoms with E-state index in [2.05, 4.69) is 11.7 Å². The van der Waals surface area contributed by atoms with Crippen molar-refractivity contribution in [3.8, 4) is 0 Å². The van der Waals surface area contributed by atoms with Gasteiger partial charge in [0.25, 0.3) is 0 Å². The highest BCUT2D eigenvalue weighted by Gasteiger charge is 2.42. The van der Waals surface area contributed by atoms with Gasteiger partial charge in [-0.25, -0.2) is 4.79 Å². The second-order valence-electron chi connectivity index (χ2n) is 8.15. The van der Waals surface area contributed by atoms with Gasteiger partial charge < -0.3 is 10.1 Å². The molecule has 0 heterocycles. The molecule has 0 aromatic rings. The van der Waals surface area contributed by atoms with Crippen molar-refractivity contribution >= 4 is 11.9 Å². The smallest absolute Gasteiger partial charge is 0.457 e. The van der Waals surface area contributed by atoms with Crippen LogP contribution in [0.2, 0.25) is 0 Å². The first-order chi connectivity index (χ1) is 15.0. The van der Waals surface area contributed by atoms with Crippen molar-refractivity contribution in [2.45, 2.75) is 122 Å². The fourth-order valence-corrected chi connectivity index (χ4v) is 3.31. The molecule has 0 saturated heterocycles. The van der Waals surface area contributed by atoms with E-state index in [1.807, 2.05) is 0 Å². The predicted octanol–water partition coefficient (Wildman–Crippen LogP) is 7.01. The first-order valence-corrected chi connectivity index (χ1v) is 11.6. The normalized spacial score (nSPS) is 13.1. The van der Waals surface area contributed by atoms with Gasteiger partial charge in [0.1, 0.15) is 6.61 Å². The number of ether oxygens (including phenoxy) is 1. The number of rotatable bonds is 18. The lowest BCUT2D eigenvalue weighted by molar-refractivity contribution is -0.200. The van der Waals surface area contributed by atoms with E-state index in [1.54, 1.807) is 5.32 Å². The molecule has 0 aliphatic rings. The van der Waals surface area contributed by atoms with Crippen molar-refractivity contribution in [1.82, 2.24) is 5.32 Å². The Morgan fingerprint density at radius 2 is 1.09 bits per heavy atom. The van der Waals surface area contributed by atoms with Crippen LogP contribution in [0.5, 0.6) is 0 Å². The summed E-state index contributed by atoms with van der Waals surface area (Å²) in [6, 6.07) is -1.33. The molecule has 1 N–H and O–H groups in total. The minimum Gasteiger partial charge on any atom is -0.457 e. The maximum atomic E-state index is 12.4. The molecular formula is C22H37F6NO3. The molecule has 0 aliphatic carbocycles. The molecule has 0 fully saturated rings. The summed E-state index contributed by atoms with van der Waals surface area (Å²) in [6.07, 6.45) is 4.77. The lowest BCUT2D eigenvalue weighted by Crippen LogP contribution is -2.46. The van der Waals surface area contributed by atoms with Crippen molar-refractivity contribution in [3.63, 3.8) is 0 Å². The molecule has 0 aromatic heterocycles. The third kappa shape index (κ3) is 17.1. The topological polar surface area (TPSA) is 55.4 Å². The Hall–Kier alpha value is -1.48. The van der Waals surface area contributed by atoms with Crippen molar-refractivity contribution in [2.24, 2.45) is 0 Å². The first-order valence-electron chi connectivity index (χ1n) is 11.6. The second kappa shape index (κ2) is 17.1. The third-order valence-corrected chi connectivity index (χ3v) is 5.15. The SMILES string of the molecule is CCCCCCCCCCCCCCCC[C@@H](COC(=O)C(F)(F)F)NC(=O)C(F)(F)F. The summed E-state index contributed by atoms with van der Waals surface area (Å²) < 4.78 is 77.8. The van der Waals surface area contributed by atoms with E-state index < -0.39 is 36.9 Å². The summed E-state index contributed by atoms with van der Waals surface area (Å²) >= 11 is 0. The Labute approximate surface area is 186 Å². The zero-order chi connectivity index (χ0) is 24.5. The van der Waals surface area contributed by atoms with Crippen LogP contribution in [-0.2, 0) is 14.3 Å². The number of unbranched alkanes of at least 4 members (excludes halogenated alkanes) is 13. The number of carbonyl (C=O) groups is 2. The third-order valence-electron chi connectivity index (χ3n) is 5.15. The molecule has 0 aromatic carbocycles. The lowest BCUT2D eigenvalue weighted by Gasteiger charge is -2.20. The van der Waals surface area contributed by atoms with Gasteiger partial charge in [0, 0.05) is 0 Å². The molecule has 0 radical (unpaired) electrons. The van der Waals surface area contributed by atoms with Gasteiger partial charge in [-0.1, -0.05) is 96.8 Å². The van der Waals surface area contributed by atoms with Crippen LogP contribution in [0.1, 0.15) is 103 Å². The monoisotopic (exact) mass is 477 g/mol. The summed E-state index contributed by atoms with van der Waals surface area (Å²) in [4.78, 5) is 21.8. The van der Waals surface area contributed by atoms with E-state index in [0.29, 0.717) is 12.8 Å². The summed E-state index contributed by atoms with van der Waals surface area (Å²) in [5.74, 6) is -4.76. The molecule has 10 heteroatoms. The van der Waals surface area contributed by atoms with Crippen LogP contribution < -0.4 is 5.32 Å². The van der Waals surface area contributed by atoms with E-state index >= 15 is 0 Å². The van der Waals surface area contributed by atoms with E-state index in [4.69, 9.17) is 0 Å². The first kappa shape index (κ1) is 30.5. The molecule has 190 valence electrons. The van der Waals surface area contributed by atoms with Crippen LogP contribution in [0.3, 0.4) is 0 Å². The summed E-state index contributed by atoms with van der Waals surface area (Å²) in [6.45, 7) is 1.23. The van der Waals surface area contributed by atoms with Crippen LogP contribution in [-0.4, -0.2) is 36.9 Å². The Balaban J connectivity index is 3.98. The van der Waals surface area contributed by atoms with E-state index in [0.717, 1.165) is 25.7 Å². The van der Waals surface area contributed by atoms with Gasteiger partial charge >= 0.3 is 24.2 Å². The zero-order valence-corrected chi connectivity index (χ0v) is 18.9. The molecule has 4 nitrogen and oxygen atoms in total. The van der Waals surface area contributed by atoms with Crippen molar-refractivity contribution < 1.29 is 40.7 Å². The van der Waals surface area contributed by atoms with Crippen LogP contribution in [0.4, 0.5) is 26.3 Å². The largest absolute Gasteiger partial charge is 0.490 e. The average molecular weight is 478 g/mol. The van der Waals surface area contributed by atoms with Gasteiger partial charge in [-0.15, -0.1) is 0 Å². The Bertz CT molecular complexity index is 509. The highest BCUT2D eigenvalue weighted by atomic mass is 19.4. The molecule has 32 heavy (non-hydrogen) atoms. The van der Waals surface area contributed by atoms with Crippen molar-refractivity contribution in [2.75, 3.05) is 6.61 Å². The van der Waals surface area contributed by atoms with Crippen LogP contribution >= 0.6 is 0 Å². The van der Waals surface area contributed by atoms with Crippen LogP contribution in [0, 0.1) is 0 Å². The maximum absolute atomic E-state index is 12.4. The highest BCUT2D eigenvalue weighted by molar-refractivity contribution is 5.82. The van der Waals surface area contributed by atoms with Gasteiger partial charge in [0.15, 0.2) is 0 Å². The minimum absolute atomic E-state index is 0.00894. The van der Waals surface area contributed by atoms with Gasteiger partial charge in [-0.3, -0.25) is 4.79 Å². The fraction of sp³-hybridized carbons (Fsp3) is 0.909. The van der Waals surface area contributed by atoms with Crippen LogP contribution in [0.25, 0.3) is 0 Å².